The lowest BCUT2D eigenvalue weighted by Gasteiger charge is -2.21. The first-order valence-corrected chi connectivity index (χ1v) is 7.74. The highest BCUT2D eigenvalue weighted by Crippen LogP contribution is 2.24. The summed E-state index contributed by atoms with van der Waals surface area (Å²) in [5.41, 5.74) is 4.42. The molecule has 0 aliphatic heterocycles. The van der Waals surface area contributed by atoms with E-state index in [2.05, 4.69) is 37.4 Å². The van der Waals surface area contributed by atoms with Crippen molar-refractivity contribution in [2.24, 2.45) is 0 Å². The molecule has 2 heteroatoms. The van der Waals surface area contributed by atoms with Crippen molar-refractivity contribution < 1.29 is 5.11 Å². The highest BCUT2D eigenvalue weighted by Gasteiger charge is 2.13. The number of rotatable bonds is 6. The summed E-state index contributed by atoms with van der Waals surface area (Å²) in [4.78, 5) is 0. The van der Waals surface area contributed by atoms with Gasteiger partial charge in [0.25, 0.3) is 0 Å². The van der Waals surface area contributed by atoms with Crippen LogP contribution in [0, 0.1) is 0 Å². The second-order valence-electron chi connectivity index (χ2n) is 5.81. The average Bonchev–Trinajstić information content (AvgIpc) is 2.44. The first-order valence-electron chi connectivity index (χ1n) is 7.74. The van der Waals surface area contributed by atoms with Gasteiger partial charge in [-0.05, 0) is 55.7 Å². The Morgan fingerprint density at radius 3 is 2.68 bits per heavy atom. The van der Waals surface area contributed by atoms with Crippen LogP contribution in [0.5, 0.6) is 0 Å². The Hall–Kier alpha value is -0.860. The van der Waals surface area contributed by atoms with Crippen molar-refractivity contribution in [3.63, 3.8) is 0 Å². The zero-order valence-corrected chi connectivity index (χ0v) is 12.3. The van der Waals surface area contributed by atoms with E-state index in [-0.39, 0.29) is 6.10 Å². The van der Waals surface area contributed by atoms with Crippen molar-refractivity contribution >= 4 is 0 Å². The van der Waals surface area contributed by atoms with Gasteiger partial charge in [-0.2, -0.15) is 0 Å². The van der Waals surface area contributed by atoms with Gasteiger partial charge >= 0.3 is 0 Å². The molecule has 0 fully saturated rings. The van der Waals surface area contributed by atoms with Gasteiger partial charge in [-0.1, -0.05) is 31.5 Å². The minimum Gasteiger partial charge on any atom is -0.392 e. The van der Waals surface area contributed by atoms with Crippen molar-refractivity contribution in [2.75, 3.05) is 6.54 Å². The Labute approximate surface area is 117 Å². The van der Waals surface area contributed by atoms with Crippen LogP contribution in [0.3, 0.4) is 0 Å². The van der Waals surface area contributed by atoms with Crippen LogP contribution >= 0.6 is 0 Å². The summed E-state index contributed by atoms with van der Waals surface area (Å²) in [6.07, 6.45) is 6.84. The quantitative estimate of drug-likeness (QED) is 0.823. The number of fused-ring (bicyclic) bond motifs is 1. The van der Waals surface area contributed by atoms with E-state index in [1.54, 1.807) is 0 Å². The predicted octanol–water partition coefficient (Wildman–Crippen LogP) is 3.38. The maximum Gasteiger partial charge on any atom is 0.0664 e. The molecule has 2 rings (SSSR count). The lowest BCUT2D eigenvalue weighted by atomic mass is 9.89. The molecule has 106 valence electrons. The molecule has 2 atom stereocenters. The molecule has 0 spiro atoms. The van der Waals surface area contributed by atoms with Gasteiger partial charge in [-0.25, -0.2) is 0 Å². The largest absolute Gasteiger partial charge is 0.392 e. The summed E-state index contributed by atoms with van der Waals surface area (Å²) in [6, 6.07) is 7.22. The van der Waals surface area contributed by atoms with Crippen LogP contribution in [0.4, 0.5) is 0 Å². The number of aryl methyl sites for hydroxylation is 2. The molecule has 2 unspecified atom stereocenters. The van der Waals surface area contributed by atoms with Gasteiger partial charge < -0.3 is 10.4 Å². The second kappa shape index (κ2) is 7.06. The molecule has 0 heterocycles. The second-order valence-corrected chi connectivity index (χ2v) is 5.81. The fraction of sp³-hybridized carbons (Fsp3) is 0.647. The van der Waals surface area contributed by atoms with Gasteiger partial charge in [-0.3, -0.25) is 0 Å². The average molecular weight is 261 g/mol. The zero-order valence-electron chi connectivity index (χ0n) is 12.3. The van der Waals surface area contributed by atoms with Gasteiger partial charge in [0.1, 0.15) is 0 Å². The summed E-state index contributed by atoms with van der Waals surface area (Å²) in [5, 5.41) is 13.2. The van der Waals surface area contributed by atoms with Crippen LogP contribution in [0.2, 0.25) is 0 Å². The highest BCUT2D eigenvalue weighted by molar-refractivity contribution is 5.35. The van der Waals surface area contributed by atoms with Crippen molar-refractivity contribution in [2.45, 2.75) is 64.5 Å². The predicted molar refractivity (Wildman–Crippen MR) is 80.4 cm³/mol. The number of benzene rings is 1. The van der Waals surface area contributed by atoms with E-state index < -0.39 is 0 Å². The Morgan fingerprint density at radius 1 is 1.21 bits per heavy atom. The molecule has 0 bridgehead atoms. The third-order valence-corrected chi connectivity index (χ3v) is 4.15. The van der Waals surface area contributed by atoms with Crippen molar-refractivity contribution in [3.8, 4) is 0 Å². The Kier molecular flexibility index (Phi) is 5.41. The fourth-order valence-electron chi connectivity index (χ4n) is 2.89. The molecule has 0 saturated heterocycles. The number of hydrogen-bond acceptors (Lipinski definition) is 2. The molecule has 1 aromatic carbocycles. The van der Waals surface area contributed by atoms with Crippen molar-refractivity contribution in [3.05, 3.63) is 34.9 Å². The van der Waals surface area contributed by atoms with Crippen LogP contribution < -0.4 is 5.32 Å². The van der Waals surface area contributed by atoms with E-state index in [1.165, 1.54) is 42.4 Å². The number of aliphatic hydroxyl groups excluding tert-OH is 1. The number of hydrogen-bond donors (Lipinski definition) is 2. The fourth-order valence-corrected chi connectivity index (χ4v) is 2.89. The van der Waals surface area contributed by atoms with Crippen LogP contribution in [0.15, 0.2) is 18.2 Å². The number of aliphatic hydroxyl groups is 1. The van der Waals surface area contributed by atoms with Gasteiger partial charge in [-0.15, -0.1) is 0 Å². The minimum absolute atomic E-state index is 0.218. The van der Waals surface area contributed by atoms with E-state index in [0.29, 0.717) is 12.6 Å². The first kappa shape index (κ1) is 14.5. The summed E-state index contributed by atoms with van der Waals surface area (Å²) < 4.78 is 0. The van der Waals surface area contributed by atoms with Gasteiger partial charge in [0.2, 0.25) is 0 Å². The van der Waals surface area contributed by atoms with Crippen molar-refractivity contribution in [1.82, 2.24) is 5.32 Å². The molecule has 0 saturated carbocycles. The Bertz CT molecular complexity index is 402. The standard InChI is InChI=1S/C17H27NO/c1-3-6-17(19)12-18-13(2)15-10-9-14-7-4-5-8-16(14)11-15/h9-11,13,17-19H,3-8,12H2,1-2H3. The monoisotopic (exact) mass is 261 g/mol. The minimum atomic E-state index is -0.218. The van der Waals surface area contributed by atoms with Gasteiger partial charge in [0, 0.05) is 12.6 Å². The zero-order chi connectivity index (χ0) is 13.7. The summed E-state index contributed by atoms with van der Waals surface area (Å²) in [7, 11) is 0. The number of nitrogens with one attached hydrogen (secondary N) is 1. The smallest absolute Gasteiger partial charge is 0.0664 e. The van der Waals surface area contributed by atoms with E-state index in [9.17, 15) is 5.11 Å². The topological polar surface area (TPSA) is 32.3 Å². The third kappa shape index (κ3) is 4.05. The lowest BCUT2D eigenvalue weighted by molar-refractivity contribution is 0.157. The molecule has 1 aliphatic carbocycles. The van der Waals surface area contributed by atoms with Gasteiger partial charge in [0.05, 0.1) is 6.10 Å². The first-order chi connectivity index (χ1) is 9.20. The van der Waals surface area contributed by atoms with Crippen molar-refractivity contribution in [1.29, 1.82) is 0 Å². The molecule has 1 aromatic rings. The van der Waals surface area contributed by atoms with Crippen LogP contribution in [0.25, 0.3) is 0 Å². The molecule has 2 N–H and O–H groups in total. The highest BCUT2D eigenvalue weighted by atomic mass is 16.3. The maximum absolute atomic E-state index is 9.77. The summed E-state index contributed by atoms with van der Waals surface area (Å²) in [6.45, 7) is 4.98. The molecule has 0 radical (unpaired) electrons. The van der Waals surface area contributed by atoms with E-state index in [1.807, 2.05) is 0 Å². The van der Waals surface area contributed by atoms with E-state index >= 15 is 0 Å². The maximum atomic E-state index is 9.77. The molecule has 0 aromatic heterocycles. The summed E-state index contributed by atoms with van der Waals surface area (Å²) >= 11 is 0. The normalized spacial score (nSPS) is 17.8. The van der Waals surface area contributed by atoms with E-state index in [4.69, 9.17) is 0 Å². The van der Waals surface area contributed by atoms with E-state index in [0.717, 1.165) is 12.8 Å². The van der Waals surface area contributed by atoms with Gasteiger partial charge in [0.15, 0.2) is 0 Å². The molecule has 1 aliphatic rings. The third-order valence-electron chi connectivity index (χ3n) is 4.15. The Balaban J connectivity index is 1.93. The van der Waals surface area contributed by atoms with Crippen LogP contribution in [-0.4, -0.2) is 17.8 Å². The molecular weight excluding hydrogens is 234 g/mol. The summed E-state index contributed by atoms with van der Waals surface area (Å²) in [5.74, 6) is 0. The SMILES string of the molecule is CCCC(O)CNC(C)c1ccc2c(c1)CCCC2. The molecule has 0 amide bonds. The van der Waals surface area contributed by atoms with Crippen LogP contribution in [-0.2, 0) is 12.8 Å². The lowest BCUT2D eigenvalue weighted by Crippen LogP contribution is -2.29. The Morgan fingerprint density at radius 2 is 1.95 bits per heavy atom. The molecular formula is C17H27NO. The molecule has 2 nitrogen and oxygen atoms in total. The van der Waals surface area contributed by atoms with Crippen LogP contribution in [0.1, 0.15) is 62.3 Å². The molecule has 19 heavy (non-hydrogen) atoms.